The highest BCUT2D eigenvalue weighted by molar-refractivity contribution is 6.74. The second-order valence-electron chi connectivity index (χ2n) is 12.5. The first-order valence-corrected chi connectivity index (χ1v) is 18.1. The Bertz CT molecular complexity index is 631. The first-order chi connectivity index (χ1) is 14.4. The molecule has 0 bridgehead atoms. The van der Waals surface area contributed by atoms with Crippen LogP contribution < -0.4 is 0 Å². The van der Waals surface area contributed by atoms with E-state index in [9.17, 15) is 4.79 Å². The normalized spacial score (nSPS) is 30.4. The van der Waals surface area contributed by atoms with E-state index in [1.54, 1.807) is 0 Å². The van der Waals surface area contributed by atoms with Crippen molar-refractivity contribution in [2.75, 3.05) is 6.61 Å². The van der Waals surface area contributed by atoms with E-state index in [4.69, 9.17) is 23.1 Å². The van der Waals surface area contributed by atoms with Crippen molar-refractivity contribution >= 4 is 22.6 Å². The van der Waals surface area contributed by atoms with Crippen LogP contribution >= 0.6 is 0 Å². The van der Waals surface area contributed by atoms with Gasteiger partial charge in [0.1, 0.15) is 18.3 Å². The second kappa shape index (κ2) is 10.2. The quantitative estimate of drug-likeness (QED) is 0.323. The average Bonchev–Trinajstić information content (AvgIpc) is 2.89. The molecule has 0 aromatic rings. The molecular weight excluding hydrogens is 440 g/mol. The third-order valence-electron chi connectivity index (χ3n) is 7.78. The topological polar surface area (TPSA) is 63.2 Å². The molecule has 0 aromatic carbocycles. The van der Waals surface area contributed by atoms with E-state index in [2.05, 4.69) is 67.7 Å². The highest BCUT2D eigenvalue weighted by atomic mass is 28.4. The van der Waals surface area contributed by atoms with Crippen molar-refractivity contribution in [1.82, 2.24) is 0 Å². The number of hydrogen-bond donors (Lipinski definition) is 0. The number of rotatable bonds is 7. The number of ether oxygens (including phenoxy) is 3. The molecule has 1 heterocycles. The molecule has 8 heteroatoms. The molecule has 5 atom stereocenters. The van der Waals surface area contributed by atoms with Crippen LogP contribution in [0, 0.1) is 0 Å². The Kier molecular flexibility index (Phi) is 8.88. The fourth-order valence-electron chi connectivity index (χ4n) is 3.71. The number of carbonyl (C=O) groups excluding carboxylic acids is 1. The minimum atomic E-state index is -2.15. The molecule has 6 nitrogen and oxygen atoms in total. The van der Waals surface area contributed by atoms with Crippen molar-refractivity contribution in [2.45, 2.75) is 141 Å². The summed E-state index contributed by atoms with van der Waals surface area (Å²) in [7, 11) is -4.29. The van der Waals surface area contributed by atoms with Gasteiger partial charge < -0.3 is 23.1 Å². The lowest BCUT2D eigenvalue weighted by molar-refractivity contribution is -0.203. The third-order valence-corrected chi connectivity index (χ3v) is 16.7. The monoisotopic (exact) mass is 488 g/mol. The number of esters is 1. The maximum atomic E-state index is 12.0. The van der Waals surface area contributed by atoms with E-state index < -0.39 is 16.6 Å². The molecule has 0 N–H and O–H groups in total. The van der Waals surface area contributed by atoms with Crippen LogP contribution in [0.5, 0.6) is 0 Å². The zero-order valence-corrected chi connectivity index (χ0v) is 24.4. The largest absolute Gasteiger partial charge is 0.460 e. The van der Waals surface area contributed by atoms with E-state index in [0.29, 0.717) is 6.42 Å². The Balaban J connectivity index is 2.39. The van der Waals surface area contributed by atoms with Gasteiger partial charge in [0.05, 0.1) is 6.10 Å². The van der Waals surface area contributed by atoms with Crippen LogP contribution in [0.1, 0.15) is 74.1 Å². The number of hydrogen-bond acceptors (Lipinski definition) is 6. The van der Waals surface area contributed by atoms with Crippen molar-refractivity contribution in [3.05, 3.63) is 0 Å². The molecule has 32 heavy (non-hydrogen) atoms. The Morgan fingerprint density at radius 1 is 0.844 bits per heavy atom. The van der Waals surface area contributed by atoms with Crippen molar-refractivity contribution in [1.29, 1.82) is 0 Å². The highest BCUT2D eigenvalue weighted by Crippen LogP contribution is 2.45. The van der Waals surface area contributed by atoms with Crippen molar-refractivity contribution in [2.24, 2.45) is 0 Å². The molecule has 2 fully saturated rings. The molecule has 1 saturated carbocycles. The van der Waals surface area contributed by atoms with E-state index in [-0.39, 0.29) is 46.8 Å². The molecule has 188 valence electrons. The van der Waals surface area contributed by atoms with Crippen LogP contribution in [-0.2, 0) is 27.9 Å². The summed E-state index contributed by atoms with van der Waals surface area (Å²) < 4.78 is 32.0. The third kappa shape index (κ3) is 6.88. The van der Waals surface area contributed by atoms with Gasteiger partial charge in [0.15, 0.2) is 22.9 Å². The summed E-state index contributed by atoms with van der Waals surface area (Å²) in [6, 6.07) is 0. The maximum Gasteiger partial charge on any atom is 0.302 e. The minimum Gasteiger partial charge on any atom is -0.460 e. The highest BCUT2D eigenvalue weighted by Gasteiger charge is 2.54. The fourth-order valence-corrected chi connectivity index (χ4v) is 6.35. The van der Waals surface area contributed by atoms with Crippen LogP contribution in [0.25, 0.3) is 0 Å². The lowest BCUT2D eigenvalue weighted by Crippen LogP contribution is -2.55. The maximum absolute atomic E-state index is 12.0. The molecular formula is C24H48O6Si2. The smallest absolute Gasteiger partial charge is 0.302 e. The minimum absolute atomic E-state index is 0.0285. The SMILES string of the molecule is CC(=O)O[C@@H]1C[C@H](OC2CCCCO2)[C@@H](O[Si](C)(C)C(C)(C)C)[C@H]1O[Si](C)(C)C(C)(C)C. The zero-order valence-electron chi connectivity index (χ0n) is 22.4. The average molecular weight is 489 g/mol. The Hall–Kier alpha value is -0.256. The van der Waals surface area contributed by atoms with Crippen molar-refractivity contribution < 1.29 is 27.9 Å². The van der Waals surface area contributed by atoms with E-state index in [1.807, 2.05) is 0 Å². The molecule has 0 amide bonds. The molecule has 0 aromatic heterocycles. The summed E-state index contributed by atoms with van der Waals surface area (Å²) in [5.74, 6) is -0.292. The van der Waals surface area contributed by atoms with E-state index in [1.165, 1.54) is 6.92 Å². The predicted octanol–water partition coefficient (Wildman–Crippen LogP) is 6.01. The summed E-state index contributed by atoms with van der Waals surface area (Å²) in [4.78, 5) is 12.0. The molecule has 1 saturated heterocycles. The van der Waals surface area contributed by atoms with E-state index >= 15 is 0 Å². The molecule has 1 unspecified atom stereocenters. The van der Waals surface area contributed by atoms with Crippen LogP contribution in [0.3, 0.4) is 0 Å². The number of carbonyl (C=O) groups is 1. The van der Waals surface area contributed by atoms with Gasteiger partial charge in [-0.1, -0.05) is 41.5 Å². The fraction of sp³-hybridized carbons (Fsp3) is 0.958. The Morgan fingerprint density at radius 3 is 1.75 bits per heavy atom. The molecule has 2 aliphatic rings. The predicted molar refractivity (Wildman–Crippen MR) is 133 cm³/mol. The van der Waals surface area contributed by atoms with E-state index in [0.717, 1.165) is 25.9 Å². The lowest BCUT2D eigenvalue weighted by atomic mass is 10.2. The van der Waals surface area contributed by atoms with Gasteiger partial charge in [0, 0.05) is 20.0 Å². The molecule has 0 radical (unpaired) electrons. The zero-order chi connectivity index (χ0) is 24.5. The van der Waals surface area contributed by atoms with Gasteiger partial charge >= 0.3 is 5.97 Å². The molecule has 1 aliphatic carbocycles. The van der Waals surface area contributed by atoms with Crippen molar-refractivity contribution in [3.63, 3.8) is 0 Å². The van der Waals surface area contributed by atoms with Crippen LogP contribution in [-0.4, -0.2) is 59.9 Å². The summed E-state index contributed by atoms with van der Waals surface area (Å²) in [5, 5.41) is 0.0701. The van der Waals surface area contributed by atoms with Gasteiger partial charge in [0.2, 0.25) is 0 Å². The summed E-state index contributed by atoms with van der Waals surface area (Å²) in [6.07, 6.45) is 2.14. The standard InChI is InChI=1S/C24H48O6Si2/c1-17(25)27-18-16-19(28-20-14-12-13-15-26-20)22(30-32(10,11)24(5,6)7)21(18)29-31(8,9)23(2,3)4/h18-22H,12-16H2,1-11H3/t18-,19+,20?,21+,22-/m1/s1. The van der Waals surface area contributed by atoms with Gasteiger partial charge in [0.25, 0.3) is 0 Å². The van der Waals surface area contributed by atoms with Crippen LogP contribution in [0.2, 0.25) is 36.3 Å². The molecule has 0 spiro atoms. The van der Waals surface area contributed by atoms with Gasteiger partial charge in [-0.15, -0.1) is 0 Å². The summed E-state index contributed by atoms with van der Waals surface area (Å²) in [5.41, 5.74) is 0. The first-order valence-electron chi connectivity index (χ1n) is 12.2. The summed E-state index contributed by atoms with van der Waals surface area (Å²) in [6.45, 7) is 24.6. The van der Waals surface area contributed by atoms with Crippen LogP contribution in [0.15, 0.2) is 0 Å². The van der Waals surface area contributed by atoms with Gasteiger partial charge in [-0.3, -0.25) is 4.79 Å². The van der Waals surface area contributed by atoms with Crippen molar-refractivity contribution in [3.8, 4) is 0 Å². The summed E-state index contributed by atoms with van der Waals surface area (Å²) >= 11 is 0. The van der Waals surface area contributed by atoms with Gasteiger partial charge in [-0.25, -0.2) is 0 Å². The van der Waals surface area contributed by atoms with Gasteiger partial charge in [-0.2, -0.15) is 0 Å². The van der Waals surface area contributed by atoms with Gasteiger partial charge in [-0.05, 0) is 55.5 Å². The Morgan fingerprint density at radius 2 is 1.34 bits per heavy atom. The lowest BCUT2D eigenvalue weighted by Gasteiger charge is -2.44. The first kappa shape index (κ1) is 28.0. The molecule has 1 aliphatic heterocycles. The molecule has 2 rings (SSSR count). The Labute approximate surface area is 198 Å². The van der Waals surface area contributed by atoms with Crippen LogP contribution in [0.4, 0.5) is 0 Å². The second-order valence-corrected chi connectivity index (χ2v) is 22.1.